The van der Waals surface area contributed by atoms with E-state index in [0.29, 0.717) is 11.3 Å². The van der Waals surface area contributed by atoms with Crippen molar-refractivity contribution >= 4 is 22.8 Å². The molecule has 33 heavy (non-hydrogen) atoms. The molecule has 0 aliphatic carbocycles. The standard InChI is InChI=1S/C26H26N4O3/c1-17(25-18(2)29-30(26(25)31)22-11-15-24(33-4)16-12-22)27-19-5-7-20(8-6-19)28-21-9-13-23(32-3)14-10-21/h5-16,28-29H,1-4H3. The van der Waals surface area contributed by atoms with Crippen LogP contribution in [0.5, 0.6) is 11.5 Å². The van der Waals surface area contributed by atoms with E-state index in [2.05, 4.69) is 15.4 Å². The van der Waals surface area contributed by atoms with E-state index < -0.39 is 0 Å². The number of hydrogen-bond donors (Lipinski definition) is 2. The Morgan fingerprint density at radius 3 is 1.91 bits per heavy atom. The molecule has 7 nitrogen and oxygen atoms in total. The lowest BCUT2D eigenvalue weighted by molar-refractivity contribution is 0.414. The monoisotopic (exact) mass is 442 g/mol. The number of aromatic nitrogens is 2. The fourth-order valence-corrected chi connectivity index (χ4v) is 3.60. The highest BCUT2D eigenvalue weighted by Gasteiger charge is 2.15. The number of anilines is 2. The number of aryl methyl sites for hydroxylation is 1. The molecule has 3 aromatic carbocycles. The van der Waals surface area contributed by atoms with Gasteiger partial charge in [0.05, 0.1) is 36.9 Å². The van der Waals surface area contributed by atoms with Crippen molar-refractivity contribution in [3.8, 4) is 17.2 Å². The van der Waals surface area contributed by atoms with E-state index in [1.165, 1.54) is 4.68 Å². The predicted molar refractivity (Wildman–Crippen MR) is 132 cm³/mol. The summed E-state index contributed by atoms with van der Waals surface area (Å²) in [6.07, 6.45) is 0. The molecular weight excluding hydrogens is 416 g/mol. The van der Waals surface area contributed by atoms with Crippen LogP contribution < -0.4 is 20.3 Å². The highest BCUT2D eigenvalue weighted by molar-refractivity contribution is 6.01. The molecule has 0 fully saturated rings. The number of benzene rings is 3. The zero-order valence-electron chi connectivity index (χ0n) is 19.0. The van der Waals surface area contributed by atoms with Gasteiger partial charge in [-0.25, -0.2) is 4.68 Å². The van der Waals surface area contributed by atoms with Crippen LogP contribution in [0.3, 0.4) is 0 Å². The molecular formula is C26H26N4O3. The van der Waals surface area contributed by atoms with Crippen molar-refractivity contribution in [2.45, 2.75) is 13.8 Å². The fraction of sp³-hybridized carbons (Fsp3) is 0.154. The number of nitrogens with one attached hydrogen (secondary N) is 2. The van der Waals surface area contributed by atoms with Gasteiger partial charge in [-0.1, -0.05) is 0 Å². The molecule has 1 heterocycles. The highest BCUT2D eigenvalue weighted by Crippen LogP contribution is 2.23. The van der Waals surface area contributed by atoms with Gasteiger partial charge < -0.3 is 14.8 Å². The lowest BCUT2D eigenvalue weighted by Crippen LogP contribution is -2.19. The average Bonchev–Trinajstić information content (AvgIpc) is 3.14. The van der Waals surface area contributed by atoms with Crippen molar-refractivity contribution in [3.63, 3.8) is 0 Å². The molecule has 0 bridgehead atoms. The Hall–Kier alpha value is -4.26. The van der Waals surface area contributed by atoms with E-state index in [0.717, 1.165) is 39.9 Å². The molecule has 0 unspecified atom stereocenters. The summed E-state index contributed by atoms with van der Waals surface area (Å²) in [4.78, 5) is 17.8. The van der Waals surface area contributed by atoms with Gasteiger partial charge in [0.2, 0.25) is 0 Å². The van der Waals surface area contributed by atoms with Crippen LogP contribution in [0.4, 0.5) is 17.1 Å². The molecule has 0 saturated carbocycles. The number of hydrogen-bond acceptors (Lipinski definition) is 5. The second kappa shape index (κ2) is 9.48. The molecule has 0 atom stereocenters. The maximum Gasteiger partial charge on any atom is 0.280 e. The zero-order valence-corrected chi connectivity index (χ0v) is 19.0. The zero-order chi connectivity index (χ0) is 23.4. The lowest BCUT2D eigenvalue weighted by atomic mass is 10.1. The van der Waals surface area contributed by atoms with Gasteiger partial charge in [-0.2, -0.15) is 0 Å². The number of rotatable bonds is 7. The molecule has 0 radical (unpaired) electrons. The average molecular weight is 443 g/mol. The first-order valence-electron chi connectivity index (χ1n) is 10.5. The van der Waals surface area contributed by atoms with Gasteiger partial charge in [0.25, 0.3) is 5.56 Å². The van der Waals surface area contributed by atoms with E-state index in [4.69, 9.17) is 9.47 Å². The Bertz CT molecular complexity index is 1320. The van der Waals surface area contributed by atoms with Crippen LogP contribution in [0.2, 0.25) is 0 Å². The normalized spacial score (nSPS) is 11.3. The van der Waals surface area contributed by atoms with Gasteiger partial charge in [-0.15, -0.1) is 0 Å². The van der Waals surface area contributed by atoms with Gasteiger partial charge in [-0.3, -0.25) is 14.9 Å². The molecule has 168 valence electrons. The summed E-state index contributed by atoms with van der Waals surface area (Å²) in [7, 11) is 3.26. The maximum absolute atomic E-state index is 13.1. The second-order valence-electron chi connectivity index (χ2n) is 7.55. The first-order chi connectivity index (χ1) is 16.0. The van der Waals surface area contributed by atoms with E-state index in [1.54, 1.807) is 14.2 Å². The SMILES string of the molecule is COc1ccc(Nc2ccc(N=C(C)c3c(C)[nH]n(-c4ccc(OC)cc4)c3=O)cc2)cc1. The third kappa shape index (κ3) is 4.82. The van der Waals surface area contributed by atoms with Crippen LogP contribution in [0.15, 0.2) is 82.6 Å². The van der Waals surface area contributed by atoms with Gasteiger partial charge in [0.15, 0.2) is 0 Å². The number of methoxy groups -OCH3 is 2. The van der Waals surface area contributed by atoms with Crippen LogP contribution in [0, 0.1) is 6.92 Å². The Morgan fingerprint density at radius 1 is 0.848 bits per heavy atom. The molecule has 2 N–H and O–H groups in total. The number of H-pyrrole nitrogens is 1. The van der Waals surface area contributed by atoms with Crippen molar-refractivity contribution in [2.24, 2.45) is 4.99 Å². The van der Waals surface area contributed by atoms with Crippen LogP contribution >= 0.6 is 0 Å². The van der Waals surface area contributed by atoms with Crippen LogP contribution in [-0.2, 0) is 0 Å². The van der Waals surface area contributed by atoms with Crippen LogP contribution in [0.1, 0.15) is 18.2 Å². The van der Waals surface area contributed by atoms with Crippen molar-refractivity contribution in [1.29, 1.82) is 0 Å². The summed E-state index contributed by atoms with van der Waals surface area (Å²) in [6.45, 7) is 3.72. The second-order valence-corrected chi connectivity index (χ2v) is 7.55. The minimum absolute atomic E-state index is 0.142. The minimum atomic E-state index is -0.142. The molecule has 0 spiro atoms. The summed E-state index contributed by atoms with van der Waals surface area (Å²) in [6, 6.07) is 22.8. The summed E-state index contributed by atoms with van der Waals surface area (Å²) in [5, 5.41) is 6.49. The van der Waals surface area contributed by atoms with E-state index in [1.807, 2.05) is 86.6 Å². The van der Waals surface area contributed by atoms with Gasteiger partial charge >= 0.3 is 0 Å². The Kier molecular flexibility index (Phi) is 6.31. The van der Waals surface area contributed by atoms with Crippen molar-refractivity contribution in [3.05, 3.63) is 94.4 Å². The van der Waals surface area contributed by atoms with Crippen LogP contribution in [-0.4, -0.2) is 29.7 Å². The van der Waals surface area contributed by atoms with Gasteiger partial charge in [-0.05, 0) is 86.6 Å². The van der Waals surface area contributed by atoms with Gasteiger partial charge in [0, 0.05) is 17.1 Å². The number of nitrogens with zero attached hydrogens (tertiary/aromatic N) is 2. The Balaban J connectivity index is 1.54. The smallest absolute Gasteiger partial charge is 0.280 e. The molecule has 0 saturated heterocycles. The quantitative estimate of drug-likeness (QED) is 0.377. The fourth-order valence-electron chi connectivity index (χ4n) is 3.60. The number of aliphatic imine (C=N–C) groups is 1. The number of aromatic amines is 1. The molecule has 0 amide bonds. The molecule has 0 aliphatic rings. The Labute approximate surface area is 192 Å². The molecule has 7 heteroatoms. The van der Waals surface area contributed by atoms with Gasteiger partial charge in [0.1, 0.15) is 11.5 Å². The molecule has 4 aromatic rings. The molecule has 4 rings (SSSR count). The summed E-state index contributed by atoms with van der Waals surface area (Å²) >= 11 is 0. The van der Waals surface area contributed by atoms with E-state index in [-0.39, 0.29) is 5.56 Å². The van der Waals surface area contributed by atoms with Crippen molar-refractivity contribution in [2.75, 3.05) is 19.5 Å². The summed E-state index contributed by atoms with van der Waals surface area (Å²) in [5.41, 5.74) is 5.23. The third-order valence-corrected chi connectivity index (χ3v) is 5.31. The third-order valence-electron chi connectivity index (χ3n) is 5.31. The summed E-state index contributed by atoms with van der Waals surface area (Å²) < 4.78 is 11.9. The number of ether oxygens (including phenoxy) is 2. The maximum atomic E-state index is 13.1. The first-order valence-corrected chi connectivity index (χ1v) is 10.5. The topological polar surface area (TPSA) is 80.6 Å². The molecule has 0 aliphatic heterocycles. The lowest BCUT2D eigenvalue weighted by Gasteiger charge is -2.08. The minimum Gasteiger partial charge on any atom is -0.497 e. The predicted octanol–water partition coefficient (Wildman–Crippen LogP) is 5.38. The largest absolute Gasteiger partial charge is 0.497 e. The van der Waals surface area contributed by atoms with E-state index in [9.17, 15) is 4.79 Å². The van der Waals surface area contributed by atoms with Crippen molar-refractivity contribution in [1.82, 2.24) is 9.78 Å². The van der Waals surface area contributed by atoms with Crippen molar-refractivity contribution < 1.29 is 9.47 Å². The van der Waals surface area contributed by atoms with Crippen LogP contribution in [0.25, 0.3) is 5.69 Å². The molecule has 1 aromatic heterocycles. The first kappa shape index (κ1) is 22.0. The van der Waals surface area contributed by atoms with E-state index >= 15 is 0 Å². The highest BCUT2D eigenvalue weighted by atomic mass is 16.5. The summed E-state index contributed by atoms with van der Waals surface area (Å²) in [5.74, 6) is 1.55. The Morgan fingerprint density at radius 2 is 1.36 bits per heavy atom.